The Hall–Kier alpha value is -1.80. The van der Waals surface area contributed by atoms with E-state index in [0.29, 0.717) is 6.54 Å². The molecule has 2 aromatic rings. The number of thiol groups is 1. The molecule has 5 heteroatoms. The Morgan fingerprint density at radius 2 is 2.12 bits per heavy atom. The van der Waals surface area contributed by atoms with Crippen molar-refractivity contribution in [3.8, 4) is 6.07 Å². The molecule has 17 heavy (non-hydrogen) atoms. The van der Waals surface area contributed by atoms with Gasteiger partial charge in [0.2, 0.25) is 0 Å². The summed E-state index contributed by atoms with van der Waals surface area (Å²) in [6, 6.07) is 12.1. The van der Waals surface area contributed by atoms with Gasteiger partial charge in [-0.25, -0.2) is 4.98 Å². The van der Waals surface area contributed by atoms with Crippen LogP contribution in [0.2, 0.25) is 0 Å². The molecule has 1 heterocycles. The first kappa shape index (κ1) is 11.7. The Morgan fingerprint density at radius 3 is 2.71 bits per heavy atom. The van der Waals surface area contributed by atoms with E-state index in [0.717, 1.165) is 5.75 Å². The number of nitrogens with zero attached hydrogens (tertiary/aromatic N) is 4. The van der Waals surface area contributed by atoms with Crippen LogP contribution in [0.15, 0.2) is 36.7 Å². The van der Waals surface area contributed by atoms with E-state index < -0.39 is 0 Å². The van der Waals surface area contributed by atoms with E-state index >= 15 is 0 Å². The third-order valence-electron chi connectivity index (χ3n) is 2.54. The first-order valence-corrected chi connectivity index (χ1v) is 5.92. The molecule has 1 aromatic heterocycles. The molecule has 4 nitrogen and oxygen atoms in total. The summed E-state index contributed by atoms with van der Waals surface area (Å²) in [6.07, 6.45) is 1.58. The van der Waals surface area contributed by atoms with Crippen molar-refractivity contribution < 1.29 is 0 Å². The van der Waals surface area contributed by atoms with Gasteiger partial charge in [-0.05, 0) is 11.3 Å². The van der Waals surface area contributed by atoms with Crippen LogP contribution in [0.3, 0.4) is 0 Å². The van der Waals surface area contributed by atoms with Crippen LogP contribution in [0.4, 0.5) is 0 Å². The highest BCUT2D eigenvalue weighted by Gasteiger charge is 2.11. The van der Waals surface area contributed by atoms with E-state index in [2.05, 4.69) is 34.8 Å². The molecule has 0 aliphatic heterocycles. The lowest BCUT2D eigenvalue weighted by molar-refractivity contribution is 0.546. The van der Waals surface area contributed by atoms with Crippen LogP contribution in [-0.4, -0.2) is 20.5 Å². The second-order valence-electron chi connectivity index (χ2n) is 3.69. The first-order chi connectivity index (χ1) is 8.33. The molecule has 1 atom stereocenters. The molecule has 2 rings (SSSR count). The van der Waals surface area contributed by atoms with Crippen molar-refractivity contribution in [2.45, 2.75) is 12.5 Å². The Balaban J connectivity index is 2.13. The Morgan fingerprint density at radius 1 is 1.35 bits per heavy atom. The topological polar surface area (TPSA) is 54.5 Å². The van der Waals surface area contributed by atoms with Crippen molar-refractivity contribution in [2.24, 2.45) is 0 Å². The molecule has 0 spiro atoms. The van der Waals surface area contributed by atoms with Crippen LogP contribution in [0.25, 0.3) is 0 Å². The fourth-order valence-electron chi connectivity index (χ4n) is 1.65. The molecular weight excluding hydrogens is 232 g/mol. The molecule has 0 fully saturated rings. The summed E-state index contributed by atoms with van der Waals surface area (Å²) in [6.45, 7) is 0.683. The molecule has 0 aliphatic rings. The summed E-state index contributed by atoms with van der Waals surface area (Å²) in [5, 5.41) is 12.7. The van der Waals surface area contributed by atoms with Crippen molar-refractivity contribution in [3.63, 3.8) is 0 Å². The van der Waals surface area contributed by atoms with E-state index in [1.54, 1.807) is 11.0 Å². The summed E-state index contributed by atoms with van der Waals surface area (Å²) in [4.78, 5) is 3.88. The highest BCUT2D eigenvalue weighted by molar-refractivity contribution is 7.80. The van der Waals surface area contributed by atoms with Crippen molar-refractivity contribution in [3.05, 3.63) is 48.0 Å². The third kappa shape index (κ3) is 2.86. The molecule has 0 saturated carbocycles. The molecule has 0 bridgehead atoms. The summed E-state index contributed by atoms with van der Waals surface area (Å²) in [5.41, 5.74) is 1.22. The average molecular weight is 244 g/mol. The maximum atomic E-state index is 8.66. The van der Waals surface area contributed by atoms with Crippen LogP contribution in [-0.2, 0) is 6.54 Å². The lowest BCUT2D eigenvalue weighted by atomic mass is 10.0. The van der Waals surface area contributed by atoms with E-state index in [-0.39, 0.29) is 11.7 Å². The fraction of sp³-hybridized carbons (Fsp3) is 0.250. The van der Waals surface area contributed by atoms with Crippen LogP contribution in [0.5, 0.6) is 0 Å². The minimum absolute atomic E-state index is 0.205. The number of hydrogen-bond acceptors (Lipinski definition) is 4. The number of rotatable bonds is 4. The van der Waals surface area contributed by atoms with E-state index in [1.165, 1.54) is 5.56 Å². The van der Waals surface area contributed by atoms with Gasteiger partial charge in [-0.3, -0.25) is 4.68 Å². The van der Waals surface area contributed by atoms with E-state index in [1.807, 2.05) is 24.3 Å². The summed E-state index contributed by atoms with van der Waals surface area (Å²) in [5.74, 6) is 1.20. The van der Waals surface area contributed by atoms with Gasteiger partial charge in [-0.1, -0.05) is 30.3 Å². The average Bonchev–Trinajstić information content (AvgIpc) is 2.84. The predicted molar refractivity (Wildman–Crippen MR) is 67.8 cm³/mol. The highest BCUT2D eigenvalue weighted by Crippen LogP contribution is 2.18. The van der Waals surface area contributed by atoms with Crippen LogP contribution < -0.4 is 0 Å². The third-order valence-corrected chi connectivity index (χ3v) is 2.98. The zero-order valence-electron chi connectivity index (χ0n) is 9.19. The highest BCUT2D eigenvalue weighted by atomic mass is 32.1. The summed E-state index contributed by atoms with van der Waals surface area (Å²) in [7, 11) is 0. The van der Waals surface area contributed by atoms with Crippen LogP contribution in [0.1, 0.15) is 17.3 Å². The number of nitriles is 1. The minimum atomic E-state index is 0.205. The monoisotopic (exact) mass is 244 g/mol. The second-order valence-corrected chi connectivity index (χ2v) is 4.06. The molecule has 1 aromatic carbocycles. The zero-order valence-corrected chi connectivity index (χ0v) is 10.1. The minimum Gasteiger partial charge on any atom is -0.251 e. The smallest absolute Gasteiger partial charge is 0.251 e. The normalized spacial score (nSPS) is 12.0. The molecule has 0 amide bonds. The Bertz CT molecular complexity index is 515. The van der Waals surface area contributed by atoms with E-state index in [4.69, 9.17) is 5.26 Å². The van der Waals surface area contributed by atoms with Gasteiger partial charge in [0.05, 0.1) is 6.54 Å². The number of aromatic nitrogens is 3. The molecule has 0 radical (unpaired) electrons. The largest absolute Gasteiger partial charge is 0.252 e. The van der Waals surface area contributed by atoms with Crippen molar-refractivity contribution in [2.75, 3.05) is 5.75 Å². The number of hydrogen-bond donors (Lipinski definition) is 1. The maximum Gasteiger partial charge on any atom is 0.252 e. The molecule has 0 saturated heterocycles. The van der Waals surface area contributed by atoms with Crippen molar-refractivity contribution in [1.29, 1.82) is 5.26 Å². The lowest BCUT2D eigenvalue weighted by Gasteiger charge is -2.14. The fourth-order valence-corrected chi connectivity index (χ4v) is 1.98. The first-order valence-electron chi connectivity index (χ1n) is 5.29. The van der Waals surface area contributed by atoms with Gasteiger partial charge in [0, 0.05) is 5.92 Å². The summed E-state index contributed by atoms with van der Waals surface area (Å²) >= 11 is 4.36. The molecule has 86 valence electrons. The SMILES string of the molecule is N#Cc1ncn(CC(CS)c2ccccc2)n1. The van der Waals surface area contributed by atoms with Crippen LogP contribution in [0, 0.1) is 11.3 Å². The standard InChI is InChI=1S/C12H12N4S/c13-6-12-14-9-16(15-12)7-11(8-17)10-4-2-1-3-5-10/h1-5,9,11,17H,7-8H2. The van der Waals surface area contributed by atoms with Crippen molar-refractivity contribution in [1.82, 2.24) is 14.8 Å². The molecule has 0 N–H and O–H groups in total. The van der Waals surface area contributed by atoms with Gasteiger partial charge < -0.3 is 0 Å². The molecule has 0 aliphatic carbocycles. The van der Waals surface area contributed by atoms with Gasteiger partial charge in [0.15, 0.2) is 0 Å². The second kappa shape index (κ2) is 5.51. The Labute approximate surface area is 105 Å². The van der Waals surface area contributed by atoms with Crippen molar-refractivity contribution >= 4 is 12.6 Å². The van der Waals surface area contributed by atoms with Crippen LogP contribution >= 0.6 is 12.6 Å². The lowest BCUT2D eigenvalue weighted by Crippen LogP contribution is -2.11. The maximum absolute atomic E-state index is 8.66. The van der Waals surface area contributed by atoms with Gasteiger partial charge >= 0.3 is 0 Å². The van der Waals surface area contributed by atoms with Gasteiger partial charge in [-0.15, -0.1) is 5.10 Å². The Kier molecular flexibility index (Phi) is 3.78. The zero-order chi connectivity index (χ0) is 12.1. The van der Waals surface area contributed by atoms with E-state index in [9.17, 15) is 0 Å². The van der Waals surface area contributed by atoms with Gasteiger partial charge in [-0.2, -0.15) is 17.9 Å². The summed E-state index contributed by atoms with van der Waals surface area (Å²) < 4.78 is 1.69. The number of benzene rings is 1. The van der Waals surface area contributed by atoms with Gasteiger partial charge in [0.25, 0.3) is 5.82 Å². The van der Waals surface area contributed by atoms with Gasteiger partial charge in [0.1, 0.15) is 12.4 Å². The molecule has 1 unspecified atom stereocenters. The predicted octanol–water partition coefficient (Wildman–Crippen LogP) is 1.86. The quantitative estimate of drug-likeness (QED) is 0.835. The molecular formula is C12H12N4S.